The summed E-state index contributed by atoms with van der Waals surface area (Å²) >= 11 is 0. The van der Waals surface area contributed by atoms with E-state index in [-0.39, 0.29) is 12.4 Å². The zero-order valence-electron chi connectivity index (χ0n) is 12.9. The third kappa shape index (κ3) is 2.40. The summed E-state index contributed by atoms with van der Waals surface area (Å²) in [6, 6.07) is 14.8. The van der Waals surface area contributed by atoms with E-state index in [0.717, 1.165) is 21.9 Å². The summed E-state index contributed by atoms with van der Waals surface area (Å²) in [6.07, 6.45) is 0. The van der Waals surface area contributed by atoms with Gasteiger partial charge in [0.25, 0.3) is 0 Å². The van der Waals surface area contributed by atoms with E-state index in [0.29, 0.717) is 17.1 Å². The van der Waals surface area contributed by atoms with Gasteiger partial charge < -0.3 is 23.5 Å². The number of aromatic carboxylic acids is 1. The average Bonchev–Trinajstić information content (AvgIpc) is 3.13. The van der Waals surface area contributed by atoms with Crippen molar-refractivity contribution in [2.75, 3.05) is 0 Å². The normalized spacial score (nSPS) is 11.2. The van der Waals surface area contributed by atoms with Gasteiger partial charge in [0.1, 0.15) is 41.0 Å². The molecular formula is C19H13O5-. The molecule has 0 saturated heterocycles. The highest BCUT2D eigenvalue weighted by Gasteiger charge is 2.10. The molecule has 2 aromatic carbocycles. The van der Waals surface area contributed by atoms with E-state index >= 15 is 0 Å². The van der Waals surface area contributed by atoms with Crippen molar-refractivity contribution in [3.05, 3.63) is 65.6 Å². The van der Waals surface area contributed by atoms with Crippen LogP contribution in [0.1, 0.15) is 21.9 Å². The van der Waals surface area contributed by atoms with Crippen molar-refractivity contribution in [3.8, 4) is 5.75 Å². The summed E-state index contributed by atoms with van der Waals surface area (Å²) in [5.74, 6) is -0.355. The van der Waals surface area contributed by atoms with Crippen LogP contribution >= 0.6 is 0 Å². The molecule has 0 aliphatic carbocycles. The monoisotopic (exact) mass is 321 g/mol. The number of para-hydroxylation sites is 1. The van der Waals surface area contributed by atoms with Gasteiger partial charge in [0.2, 0.25) is 0 Å². The van der Waals surface area contributed by atoms with Crippen LogP contribution in [0.15, 0.2) is 57.4 Å². The molecule has 2 aromatic heterocycles. The van der Waals surface area contributed by atoms with Crippen molar-refractivity contribution < 1.29 is 23.5 Å². The van der Waals surface area contributed by atoms with Gasteiger partial charge in [-0.2, -0.15) is 0 Å². The maximum Gasteiger partial charge on any atom is 0.150 e. The number of furan rings is 2. The molecule has 5 nitrogen and oxygen atoms in total. The molecule has 0 N–H and O–H groups in total. The number of carboxylic acid groups (broad SMARTS) is 1. The molecule has 0 radical (unpaired) electrons. The van der Waals surface area contributed by atoms with Gasteiger partial charge in [0, 0.05) is 16.3 Å². The van der Waals surface area contributed by atoms with E-state index in [4.69, 9.17) is 13.6 Å². The van der Waals surface area contributed by atoms with Gasteiger partial charge in [-0.15, -0.1) is 0 Å². The lowest BCUT2D eigenvalue weighted by Gasteiger charge is -2.05. The SMILES string of the molecule is Cc1oc(C(=O)[O-])cc1COc1ccc2oc3ccccc3c2c1. The van der Waals surface area contributed by atoms with Crippen molar-refractivity contribution in [2.45, 2.75) is 13.5 Å². The minimum Gasteiger partial charge on any atom is -0.542 e. The Hall–Kier alpha value is -3.21. The van der Waals surface area contributed by atoms with Gasteiger partial charge in [0.05, 0.1) is 0 Å². The molecule has 0 spiro atoms. The Labute approximate surface area is 137 Å². The molecule has 0 saturated carbocycles. The number of carboxylic acids is 1. The Bertz CT molecular complexity index is 1050. The first-order valence-electron chi connectivity index (χ1n) is 7.46. The predicted molar refractivity (Wildman–Crippen MR) is 85.8 cm³/mol. The largest absolute Gasteiger partial charge is 0.542 e. The maximum atomic E-state index is 10.8. The summed E-state index contributed by atoms with van der Waals surface area (Å²) in [6.45, 7) is 1.90. The van der Waals surface area contributed by atoms with E-state index in [1.807, 2.05) is 42.5 Å². The highest BCUT2D eigenvalue weighted by atomic mass is 16.5. The van der Waals surface area contributed by atoms with Gasteiger partial charge in [-0.25, -0.2) is 0 Å². The molecule has 0 atom stereocenters. The second-order valence-electron chi connectivity index (χ2n) is 5.52. The number of carbonyl (C=O) groups is 1. The van der Waals surface area contributed by atoms with Crippen LogP contribution in [0.5, 0.6) is 5.75 Å². The number of aryl methyl sites for hydroxylation is 1. The molecule has 0 aliphatic rings. The fourth-order valence-corrected chi connectivity index (χ4v) is 2.72. The Morgan fingerprint density at radius 1 is 1.04 bits per heavy atom. The number of fused-ring (bicyclic) bond motifs is 3. The Morgan fingerprint density at radius 3 is 2.62 bits per heavy atom. The summed E-state index contributed by atoms with van der Waals surface area (Å²) < 4.78 is 16.7. The molecule has 0 fully saturated rings. The van der Waals surface area contributed by atoms with Gasteiger partial charge in [-0.05, 0) is 37.3 Å². The van der Waals surface area contributed by atoms with Crippen LogP contribution in [0.25, 0.3) is 21.9 Å². The van der Waals surface area contributed by atoms with Crippen LogP contribution in [0, 0.1) is 6.92 Å². The quantitative estimate of drug-likeness (QED) is 0.575. The van der Waals surface area contributed by atoms with Gasteiger partial charge in [-0.1, -0.05) is 18.2 Å². The van der Waals surface area contributed by atoms with Crippen molar-refractivity contribution in [3.63, 3.8) is 0 Å². The maximum absolute atomic E-state index is 10.8. The molecule has 0 amide bonds. The van der Waals surface area contributed by atoms with Crippen LogP contribution in [0.4, 0.5) is 0 Å². The zero-order chi connectivity index (χ0) is 16.7. The van der Waals surface area contributed by atoms with E-state index in [1.54, 1.807) is 6.92 Å². The summed E-state index contributed by atoms with van der Waals surface area (Å²) in [4.78, 5) is 10.8. The predicted octanol–water partition coefficient (Wildman–Crippen LogP) is 3.43. The standard InChI is InChI=1S/C19H14O5/c1-11-12(8-18(23-11)19(20)21)10-22-13-6-7-17-15(9-13)14-4-2-3-5-16(14)24-17/h2-9H,10H2,1H3,(H,20,21)/p-1. The summed E-state index contributed by atoms with van der Waals surface area (Å²) in [5, 5.41) is 12.8. The minimum atomic E-state index is -1.34. The minimum absolute atomic E-state index is 0.192. The third-order valence-corrected chi connectivity index (χ3v) is 3.96. The van der Waals surface area contributed by atoms with E-state index in [1.165, 1.54) is 6.07 Å². The second kappa shape index (κ2) is 5.45. The molecule has 120 valence electrons. The molecule has 4 rings (SSSR count). The van der Waals surface area contributed by atoms with Gasteiger partial charge in [-0.3, -0.25) is 0 Å². The van der Waals surface area contributed by atoms with Crippen LogP contribution in [0.2, 0.25) is 0 Å². The zero-order valence-corrected chi connectivity index (χ0v) is 12.9. The van der Waals surface area contributed by atoms with Crippen molar-refractivity contribution in [1.29, 1.82) is 0 Å². The lowest BCUT2D eigenvalue weighted by atomic mass is 10.1. The fourth-order valence-electron chi connectivity index (χ4n) is 2.72. The molecular weight excluding hydrogens is 308 g/mol. The number of hydrogen-bond donors (Lipinski definition) is 0. The molecule has 5 heteroatoms. The van der Waals surface area contributed by atoms with Crippen molar-refractivity contribution >= 4 is 27.9 Å². The highest BCUT2D eigenvalue weighted by molar-refractivity contribution is 6.05. The molecule has 0 unspecified atom stereocenters. The Morgan fingerprint density at radius 2 is 1.83 bits per heavy atom. The number of benzene rings is 2. The summed E-state index contributed by atoms with van der Waals surface area (Å²) in [7, 11) is 0. The van der Waals surface area contributed by atoms with E-state index in [9.17, 15) is 9.90 Å². The number of hydrogen-bond acceptors (Lipinski definition) is 5. The van der Waals surface area contributed by atoms with Crippen LogP contribution in [-0.2, 0) is 6.61 Å². The molecule has 4 aromatic rings. The first kappa shape index (κ1) is 14.4. The highest BCUT2D eigenvalue weighted by Crippen LogP contribution is 2.31. The first-order valence-corrected chi connectivity index (χ1v) is 7.46. The fraction of sp³-hybridized carbons (Fsp3) is 0.105. The van der Waals surface area contributed by atoms with Crippen LogP contribution in [-0.4, -0.2) is 5.97 Å². The van der Waals surface area contributed by atoms with Gasteiger partial charge >= 0.3 is 0 Å². The van der Waals surface area contributed by atoms with Crippen molar-refractivity contribution in [1.82, 2.24) is 0 Å². The number of ether oxygens (including phenoxy) is 1. The second-order valence-corrected chi connectivity index (χ2v) is 5.52. The van der Waals surface area contributed by atoms with Crippen LogP contribution < -0.4 is 9.84 Å². The number of carbonyl (C=O) groups excluding carboxylic acids is 1. The topological polar surface area (TPSA) is 75.6 Å². The van der Waals surface area contributed by atoms with Crippen molar-refractivity contribution in [2.24, 2.45) is 0 Å². The lowest BCUT2D eigenvalue weighted by Crippen LogP contribution is -2.21. The summed E-state index contributed by atoms with van der Waals surface area (Å²) in [5.41, 5.74) is 2.29. The average molecular weight is 321 g/mol. The third-order valence-electron chi connectivity index (χ3n) is 3.96. The van der Waals surface area contributed by atoms with E-state index < -0.39 is 5.97 Å². The molecule has 0 aliphatic heterocycles. The molecule has 24 heavy (non-hydrogen) atoms. The Kier molecular flexibility index (Phi) is 3.27. The van der Waals surface area contributed by atoms with Gasteiger partial charge in [0.15, 0.2) is 0 Å². The molecule has 2 heterocycles. The number of rotatable bonds is 4. The lowest BCUT2D eigenvalue weighted by molar-refractivity contribution is -0.257. The smallest absolute Gasteiger partial charge is 0.150 e. The Balaban J connectivity index is 1.63. The van der Waals surface area contributed by atoms with E-state index in [2.05, 4.69) is 0 Å². The molecule has 0 bridgehead atoms. The van der Waals surface area contributed by atoms with Crippen LogP contribution in [0.3, 0.4) is 0 Å². The first-order chi connectivity index (χ1) is 11.6.